The van der Waals surface area contributed by atoms with Gasteiger partial charge in [0.25, 0.3) is 5.91 Å². The number of nitrogens with one attached hydrogen (secondary N) is 1. The molecule has 0 fully saturated rings. The summed E-state index contributed by atoms with van der Waals surface area (Å²) in [7, 11) is 1.36. The van der Waals surface area contributed by atoms with Crippen LogP contribution in [-0.2, 0) is 22.4 Å². The van der Waals surface area contributed by atoms with Gasteiger partial charge in [0.2, 0.25) is 0 Å². The second kappa shape index (κ2) is 8.13. The van der Waals surface area contributed by atoms with Gasteiger partial charge in [-0.1, -0.05) is 26.0 Å². The summed E-state index contributed by atoms with van der Waals surface area (Å²) in [5, 5.41) is 3.41. The van der Waals surface area contributed by atoms with Crippen LogP contribution in [0.3, 0.4) is 0 Å². The van der Waals surface area contributed by atoms with Crippen LogP contribution in [0.25, 0.3) is 0 Å². The maximum absolute atomic E-state index is 12.5. The van der Waals surface area contributed by atoms with E-state index >= 15 is 0 Å². The van der Waals surface area contributed by atoms with Crippen LogP contribution in [0.1, 0.15) is 58.1 Å². The van der Waals surface area contributed by atoms with Crippen LogP contribution < -0.4 is 10.1 Å². The molecule has 1 heterocycles. The standard InChI is InChI=1S/C21H25NO4S/c1-12(2)14-9-8-13(3)10-16(14)26-11-18(23)22-20-19(21(24)25-4)15-6-5-7-17(15)27-20/h8-10,12H,5-7,11H2,1-4H3,(H,22,23). The van der Waals surface area contributed by atoms with Crippen LogP contribution in [0.5, 0.6) is 5.75 Å². The Morgan fingerprint density at radius 2 is 2.04 bits per heavy atom. The second-order valence-corrected chi connectivity index (χ2v) is 8.19. The Labute approximate surface area is 163 Å². The molecule has 0 unspecified atom stereocenters. The third-order valence-corrected chi connectivity index (χ3v) is 5.92. The van der Waals surface area contributed by atoms with Crippen molar-refractivity contribution in [3.05, 3.63) is 45.3 Å². The lowest BCUT2D eigenvalue weighted by molar-refractivity contribution is -0.118. The number of esters is 1. The zero-order chi connectivity index (χ0) is 19.6. The Hall–Kier alpha value is -2.34. The van der Waals surface area contributed by atoms with Crippen molar-refractivity contribution >= 4 is 28.2 Å². The van der Waals surface area contributed by atoms with E-state index in [9.17, 15) is 9.59 Å². The molecular formula is C21H25NO4S. The molecule has 0 aliphatic heterocycles. The van der Waals surface area contributed by atoms with Gasteiger partial charge in [0.05, 0.1) is 12.7 Å². The zero-order valence-corrected chi connectivity index (χ0v) is 17.0. The van der Waals surface area contributed by atoms with E-state index in [1.54, 1.807) is 0 Å². The molecule has 27 heavy (non-hydrogen) atoms. The molecule has 0 saturated heterocycles. The van der Waals surface area contributed by atoms with Gasteiger partial charge in [-0.3, -0.25) is 4.79 Å². The van der Waals surface area contributed by atoms with Gasteiger partial charge in [0.1, 0.15) is 10.8 Å². The number of carbonyl (C=O) groups is 2. The number of ether oxygens (including phenoxy) is 2. The van der Waals surface area contributed by atoms with Crippen molar-refractivity contribution in [3.8, 4) is 5.75 Å². The number of amides is 1. The number of anilines is 1. The first kappa shape index (κ1) is 19.4. The minimum atomic E-state index is -0.397. The van der Waals surface area contributed by atoms with Crippen molar-refractivity contribution in [1.82, 2.24) is 0 Å². The number of thiophene rings is 1. The number of hydrogen-bond acceptors (Lipinski definition) is 5. The van der Waals surface area contributed by atoms with E-state index in [0.717, 1.165) is 46.6 Å². The van der Waals surface area contributed by atoms with E-state index in [1.165, 1.54) is 18.4 Å². The molecule has 0 radical (unpaired) electrons. The summed E-state index contributed by atoms with van der Waals surface area (Å²) >= 11 is 1.46. The molecule has 2 aromatic rings. The van der Waals surface area contributed by atoms with Crippen LogP contribution in [0, 0.1) is 6.92 Å². The first-order valence-electron chi connectivity index (χ1n) is 9.16. The summed E-state index contributed by atoms with van der Waals surface area (Å²) in [4.78, 5) is 25.8. The third kappa shape index (κ3) is 4.16. The Balaban J connectivity index is 1.73. The van der Waals surface area contributed by atoms with Gasteiger partial charge in [-0.25, -0.2) is 4.79 Å². The van der Waals surface area contributed by atoms with Crippen molar-refractivity contribution in [3.63, 3.8) is 0 Å². The lowest BCUT2D eigenvalue weighted by Crippen LogP contribution is -2.21. The average Bonchev–Trinajstić information content (AvgIpc) is 3.19. The molecular weight excluding hydrogens is 362 g/mol. The Bertz CT molecular complexity index is 869. The summed E-state index contributed by atoms with van der Waals surface area (Å²) < 4.78 is 10.7. The molecule has 1 aromatic carbocycles. The molecule has 5 nitrogen and oxygen atoms in total. The van der Waals surface area contributed by atoms with Crippen LogP contribution in [0.2, 0.25) is 0 Å². The Morgan fingerprint density at radius 3 is 2.74 bits per heavy atom. The van der Waals surface area contributed by atoms with Gasteiger partial charge in [-0.2, -0.15) is 0 Å². The first-order chi connectivity index (χ1) is 12.9. The van der Waals surface area contributed by atoms with Gasteiger partial charge >= 0.3 is 5.97 Å². The Kier molecular flexibility index (Phi) is 5.85. The monoisotopic (exact) mass is 387 g/mol. The highest BCUT2D eigenvalue weighted by atomic mass is 32.1. The lowest BCUT2D eigenvalue weighted by atomic mass is 10.0. The smallest absolute Gasteiger partial charge is 0.341 e. The molecule has 0 spiro atoms. The number of rotatable bonds is 6. The largest absolute Gasteiger partial charge is 0.483 e. The number of carbonyl (C=O) groups excluding carboxylic acids is 2. The van der Waals surface area contributed by atoms with Crippen molar-refractivity contribution in [2.45, 2.75) is 46.0 Å². The SMILES string of the molecule is COC(=O)c1c(NC(=O)COc2cc(C)ccc2C(C)C)sc2c1CCC2. The fourth-order valence-electron chi connectivity index (χ4n) is 3.36. The molecule has 1 aliphatic carbocycles. The normalized spacial score (nSPS) is 12.8. The molecule has 144 valence electrons. The fraction of sp³-hybridized carbons (Fsp3) is 0.429. The van der Waals surface area contributed by atoms with Crippen molar-refractivity contribution in [1.29, 1.82) is 0 Å². The zero-order valence-electron chi connectivity index (χ0n) is 16.2. The van der Waals surface area contributed by atoms with Crippen molar-refractivity contribution < 1.29 is 19.1 Å². The maximum Gasteiger partial charge on any atom is 0.341 e. The predicted octanol–water partition coefficient (Wildman–Crippen LogP) is 4.47. The number of fused-ring (bicyclic) bond motifs is 1. The van der Waals surface area contributed by atoms with E-state index in [4.69, 9.17) is 9.47 Å². The number of aryl methyl sites for hydroxylation is 2. The molecule has 1 aliphatic rings. The van der Waals surface area contributed by atoms with Gasteiger partial charge < -0.3 is 14.8 Å². The topological polar surface area (TPSA) is 64.6 Å². The van der Waals surface area contributed by atoms with Crippen LogP contribution in [0.4, 0.5) is 5.00 Å². The number of methoxy groups -OCH3 is 1. The van der Waals surface area contributed by atoms with E-state index in [0.29, 0.717) is 16.5 Å². The van der Waals surface area contributed by atoms with Crippen LogP contribution in [-0.4, -0.2) is 25.6 Å². The van der Waals surface area contributed by atoms with Gasteiger partial charge in [-0.15, -0.1) is 11.3 Å². The van der Waals surface area contributed by atoms with Crippen LogP contribution in [0.15, 0.2) is 18.2 Å². The highest BCUT2D eigenvalue weighted by molar-refractivity contribution is 7.17. The molecule has 3 rings (SSSR count). The second-order valence-electron chi connectivity index (χ2n) is 7.09. The van der Waals surface area contributed by atoms with Crippen molar-refractivity contribution in [2.75, 3.05) is 19.0 Å². The average molecular weight is 388 g/mol. The third-order valence-electron chi connectivity index (χ3n) is 4.71. The Morgan fingerprint density at radius 1 is 1.26 bits per heavy atom. The molecule has 0 atom stereocenters. The summed E-state index contributed by atoms with van der Waals surface area (Å²) in [5.41, 5.74) is 3.67. The summed E-state index contributed by atoms with van der Waals surface area (Å²) in [5.74, 6) is 0.347. The first-order valence-corrected chi connectivity index (χ1v) is 9.98. The number of benzene rings is 1. The van der Waals surface area contributed by atoms with E-state index in [2.05, 4.69) is 19.2 Å². The summed E-state index contributed by atoms with van der Waals surface area (Å²) in [6.45, 7) is 6.07. The summed E-state index contributed by atoms with van der Waals surface area (Å²) in [6, 6.07) is 6.02. The fourth-order valence-corrected chi connectivity index (χ4v) is 4.65. The summed E-state index contributed by atoms with van der Waals surface area (Å²) in [6.07, 6.45) is 2.83. The molecule has 0 saturated carbocycles. The molecule has 1 amide bonds. The van der Waals surface area contributed by atoms with Gasteiger partial charge in [-0.05, 0) is 54.9 Å². The van der Waals surface area contributed by atoms with E-state index < -0.39 is 5.97 Å². The quantitative estimate of drug-likeness (QED) is 0.743. The maximum atomic E-state index is 12.5. The number of hydrogen-bond donors (Lipinski definition) is 1. The van der Waals surface area contributed by atoms with E-state index in [-0.39, 0.29) is 12.5 Å². The predicted molar refractivity (Wildman–Crippen MR) is 107 cm³/mol. The molecule has 6 heteroatoms. The molecule has 1 N–H and O–H groups in total. The lowest BCUT2D eigenvalue weighted by Gasteiger charge is -2.15. The molecule has 1 aromatic heterocycles. The van der Waals surface area contributed by atoms with E-state index in [1.807, 2.05) is 25.1 Å². The molecule has 0 bridgehead atoms. The highest BCUT2D eigenvalue weighted by Gasteiger charge is 2.28. The van der Waals surface area contributed by atoms with Crippen LogP contribution >= 0.6 is 11.3 Å². The van der Waals surface area contributed by atoms with Crippen molar-refractivity contribution in [2.24, 2.45) is 0 Å². The minimum absolute atomic E-state index is 0.105. The van der Waals surface area contributed by atoms with Gasteiger partial charge in [0.15, 0.2) is 6.61 Å². The van der Waals surface area contributed by atoms with Gasteiger partial charge in [0, 0.05) is 4.88 Å². The highest BCUT2D eigenvalue weighted by Crippen LogP contribution is 2.39. The minimum Gasteiger partial charge on any atom is -0.483 e.